The van der Waals surface area contributed by atoms with Crippen molar-refractivity contribution in [3.63, 3.8) is 0 Å². The van der Waals surface area contributed by atoms with Crippen LogP contribution in [-0.4, -0.2) is 62.0 Å². The molecular formula is C23H29N3O4. The maximum atomic E-state index is 12.9. The number of nitrogens with one attached hydrogen (secondary N) is 1. The molecule has 0 radical (unpaired) electrons. The van der Waals surface area contributed by atoms with E-state index in [1.807, 2.05) is 53.4 Å². The molecule has 3 rings (SSSR count). The first-order valence-corrected chi connectivity index (χ1v) is 10.0. The SMILES string of the molecule is COc1cccc(CN2CCNC(=O)C2CC(=O)N(C)Cc2ccccc2)c1OC. The van der Waals surface area contributed by atoms with Gasteiger partial charge in [0, 0.05) is 38.8 Å². The van der Waals surface area contributed by atoms with Gasteiger partial charge >= 0.3 is 0 Å². The van der Waals surface area contributed by atoms with Crippen LogP contribution in [0.1, 0.15) is 17.5 Å². The lowest BCUT2D eigenvalue weighted by Crippen LogP contribution is -2.56. The second-order valence-electron chi connectivity index (χ2n) is 7.37. The first-order valence-electron chi connectivity index (χ1n) is 10.0. The molecule has 0 spiro atoms. The largest absolute Gasteiger partial charge is 0.493 e. The van der Waals surface area contributed by atoms with Crippen molar-refractivity contribution in [2.24, 2.45) is 0 Å². The van der Waals surface area contributed by atoms with Crippen LogP contribution in [0.4, 0.5) is 0 Å². The van der Waals surface area contributed by atoms with E-state index in [1.165, 1.54) is 0 Å². The molecule has 7 heteroatoms. The summed E-state index contributed by atoms with van der Waals surface area (Å²) in [5.74, 6) is 1.11. The number of amides is 2. The van der Waals surface area contributed by atoms with E-state index in [9.17, 15) is 9.59 Å². The van der Waals surface area contributed by atoms with E-state index < -0.39 is 6.04 Å². The van der Waals surface area contributed by atoms with Crippen molar-refractivity contribution in [2.75, 3.05) is 34.4 Å². The minimum Gasteiger partial charge on any atom is -0.493 e. The summed E-state index contributed by atoms with van der Waals surface area (Å²) in [6, 6.07) is 15.0. The molecule has 1 fully saturated rings. The van der Waals surface area contributed by atoms with Gasteiger partial charge in [-0.3, -0.25) is 14.5 Å². The highest BCUT2D eigenvalue weighted by atomic mass is 16.5. The second kappa shape index (κ2) is 10.1. The van der Waals surface area contributed by atoms with Crippen LogP contribution >= 0.6 is 0 Å². The van der Waals surface area contributed by atoms with Crippen LogP contribution in [0.3, 0.4) is 0 Å². The summed E-state index contributed by atoms with van der Waals surface area (Å²) in [7, 11) is 4.97. The number of carbonyl (C=O) groups excluding carboxylic acids is 2. The summed E-state index contributed by atoms with van der Waals surface area (Å²) in [6.07, 6.45) is 0.126. The average Bonchev–Trinajstić information content (AvgIpc) is 2.76. The van der Waals surface area contributed by atoms with Gasteiger partial charge in [0.1, 0.15) is 0 Å². The number of methoxy groups -OCH3 is 2. The Labute approximate surface area is 177 Å². The fraction of sp³-hybridized carbons (Fsp3) is 0.391. The molecule has 2 aromatic rings. The van der Waals surface area contributed by atoms with Gasteiger partial charge in [0.15, 0.2) is 11.5 Å². The maximum absolute atomic E-state index is 12.9. The molecule has 0 aromatic heterocycles. The standard InChI is InChI=1S/C23H29N3O4/c1-25(15-17-8-5-4-6-9-17)21(27)14-19-23(28)24-12-13-26(19)16-18-10-7-11-20(29-2)22(18)30-3/h4-11,19H,12-16H2,1-3H3,(H,24,28). The topological polar surface area (TPSA) is 71.1 Å². The molecule has 1 atom stereocenters. The maximum Gasteiger partial charge on any atom is 0.237 e. The van der Waals surface area contributed by atoms with Crippen LogP contribution < -0.4 is 14.8 Å². The zero-order valence-corrected chi connectivity index (χ0v) is 17.8. The van der Waals surface area contributed by atoms with Crippen molar-refractivity contribution in [1.82, 2.24) is 15.1 Å². The third kappa shape index (κ3) is 5.10. The van der Waals surface area contributed by atoms with E-state index in [4.69, 9.17) is 9.47 Å². The van der Waals surface area contributed by atoms with Gasteiger partial charge in [0.25, 0.3) is 0 Å². The number of piperazine rings is 1. The Morgan fingerprint density at radius 1 is 1.13 bits per heavy atom. The predicted molar refractivity (Wildman–Crippen MR) is 114 cm³/mol. The molecule has 160 valence electrons. The molecule has 1 aliphatic heterocycles. The molecule has 30 heavy (non-hydrogen) atoms. The quantitative estimate of drug-likeness (QED) is 0.720. The lowest BCUT2D eigenvalue weighted by atomic mass is 10.1. The number of hydrogen-bond acceptors (Lipinski definition) is 5. The third-order valence-electron chi connectivity index (χ3n) is 5.36. The fourth-order valence-electron chi connectivity index (χ4n) is 3.74. The van der Waals surface area contributed by atoms with Crippen LogP contribution in [-0.2, 0) is 22.7 Å². The number of carbonyl (C=O) groups is 2. The summed E-state index contributed by atoms with van der Waals surface area (Å²) < 4.78 is 10.9. The van der Waals surface area contributed by atoms with Crippen molar-refractivity contribution in [2.45, 2.75) is 25.6 Å². The Morgan fingerprint density at radius 3 is 2.60 bits per heavy atom. The van der Waals surface area contributed by atoms with Crippen molar-refractivity contribution in [3.8, 4) is 11.5 Å². The summed E-state index contributed by atoms with van der Waals surface area (Å²) in [6.45, 7) is 2.22. The van der Waals surface area contributed by atoms with Crippen molar-refractivity contribution in [3.05, 3.63) is 59.7 Å². The van der Waals surface area contributed by atoms with Gasteiger partial charge in [-0.2, -0.15) is 0 Å². The summed E-state index contributed by atoms with van der Waals surface area (Å²) in [4.78, 5) is 29.2. The molecule has 0 bridgehead atoms. The molecule has 1 N–H and O–H groups in total. The number of benzene rings is 2. The van der Waals surface area contributed by atoms with Gasteiger partial charge in [-0.15, -0.1) is 0 Å². The monoisotopic (exact) mass is 411 g/mol. The number of ether oxygens (including phenoxy) is 2. The first-order chi connectivity index (χ1) is 14.5. The molecular weight excluding hydrogens is 382 g/mol. The second-order valence-corrected chi connectivity index (χ2v) is 7.37. The smallest absolute Gasteiger partial charge is 0.237 e. The van der Waals surface area contributed by atoms with E-state index in [-0.39, 0.29) is 18.2 Å². The number of rotatable bonds is 8. The van der Waals surface area contributed by atoms with Gasteiger partial charge in [0.2, 0.25) is 11.8 Å². The Kier molecular flexibility index (Phi) is 7.30. The number of para-hydroxylation sites is 1. The normalized spacial score (nSPS) is 16.6. The van der Waals surface area contributed by atoms with Crippen LogP contribution in [0, 0.1) is 0 Å². The molecule has 1 unspecified atom stereocenters. The fourth-order valence-corrected chi connectivity index (χ4v) is 3.74. The van der Waals surface area contributed by atoms with Gasteiger partial charge in [-0.05, 0) is 11.6 Å². The van der Waals surface area contributed by atoms with Gasteiger partial charge in [-0.25, -0.2) is 0 Å². The van der Waals surface area contributed by atoms with Crippen molar-refractivity contribution < 1.29 is 19.1 Å². The van der Waals surface area contributed by atoms with Gasteiger partial charge in [-0.1, -0.05) is 42.5 Å². The zero-order valence-electron chi connectivity index (χ0n) is 17.8. The summed E-state index contributed by atoms with van der Waals surface area (Å²) in [5, 5.41) is 2.89. The minimum absolute atomic E-state index is 0.0662. The van der Waals surface area contributed by atoms with Crippen molar-refractivity contribution >= 4 is 11.8 Å². The molecule has 2 amide bonds. The van der Waals surface area contributed by atoms with E-state index in [0.717, 1.165) is 11.1 Å². The highest BCUT2D eigenvalue weighted by molar-refractivity contribution is 5.88. The van der Waals surface area contributed by atoms with Crippen LogP contribution in [0.2, 0.25) is 0 Å². The molecule has 0 saturated carbocycles. The van der Waals surface area contributed by atoms with Crippen LogP contribution in [0.5, 0.6) is 11.5 Å². The van der Waals surface area contributed by atoms with Gasteiger partial charge < -0.3 is 19.7 Å². The lowest BCUT2D eigenvalue weighted by molar-refractivity contribution is -0.138. The van der Waals surface area contributed by atoms with Crippen molar-refractivity contribution in [1.29, 1.82) is 0 Å². The molecule has 0 aliphatic carbocycles. The first kappa shape index (κ1) is 21.6. The van der Waals surface area contributed by atoms with E-state index in [0.29, 0.717) is 37.7 Å². The Morgan fingerprint density at radius 2 is 1.90 bits per heavy atom. The minimum atomic E-state index is -0.527. The van der Waals surface area contributed by atoms with E-state index in [1.54, 1.807) is 26.2 Å². The molecule has 1 saturated heterocycles. The lowest BCUT2D eigenvalue weighted by Gasteiger charge is -2.35. The number of nitrogens with zero attached hydrogens (tertiary/aromatic N) is 2. The Hall–Kier alpha value is -3.06. The summed E-state index contributed by atoms with van der Waals surface area (Å²) in [5.41, 5.74) is 1.97. The molecule has 1 heterocycles. The third-order valence-corrected chi connectivity index (χ3v) is 5.36. The zero-order chi connectivity index (χ0) is 21.5. The predicted octanol–water partition coefficient (Wildman–Crippen LogP) is 2.05. The Balaban J connectivity index is 1.72. The number of hydrogen-bond donors (Lipinski definition) is 1. The molecule has 7 nitrogen and oxygen atoms in total. The van der Waals surface area contributed by atoms with Crippen LogP contribution in [0.15, 0.2) is 48.5 Å². The van der Waals surface area contributed by atoms with Gasteiger partial charge in [0.05, 0.1) is 26.7 Å². The van der Waals surface area contributed by atoms with E-state index in [2.05, 4.69) is 5.32 Å². The average molecular weight is 412 g/mol. The highest BCUT2D eigenvalue weighted by Gasteiger charge is 2.33. The van der Waals surface area contributed by atoms with Crippen LogP contribution in [0.25, 0.3) is 0 Å². The molecule has 1 aliphatic rings. The molecule has 2 aromatic carbocycles. The Bertz CT molecular complexity index is 872. The van der Waals surface area contributed by atoms with E-state index >= 15 is 0 Å². The summed E-state index contributed by atoms with van der Waals surface area (Å²) >= 11 is 0. The highest BCUT2D eigenvalue weighted by Crippen LogP contribution is 2.32.